The van der Waals surface area contributed by atoms with Crippen molar-refractivity contribution in [3.05, 3.63) is 46.5 Å². The van der Waals surface area contributed by atoms with E-state index in [-0.39, 0.29) is 12.1 Å². The first kappa shape index (κ1) is 17.3. The number of hydrogen-bond donors (Lipinski definition) is 1. The van der Waals surface area contributed by atoms with E-state index in [2.05, 4.69) is 40.3 Å². The molecule has 0 spiro atoms. The predicted molar refractivity (Wildman–Crippen MR) is 106 cm³/mol. The Bertz CT molecular complexity index is 753. The summed E-state index contributed by atoms with van der Waals surface area (Å²) in [6.45, 7) is 5.24. The fraction of sp³-hybridized carbons (Fsp3) is 0.500. The number of nitrogens with one attached hydrogen (secondary N) is 1. The van der Waals surface area contributed by atoms with Crippen LogP contribution in [-0.4, -0.2) is 42.1 Å². The normalized spacial score (nSPS) is 18.3. The number of aromatic nitrogens is 1. The van der Waals surface area contributed by atoms with E-state index in [1.807, 2.05) is 16.5 Å². The maximum absolute atomic E-state index is 12.6. The van der Waals surface area contributed by atoms with Crippen molar-refractivity contribution < 1.29 is 4.79 Å². The van der Waals surface area contributed by atoms with Crippen LogP contribution in [0.15, 0.2) is 29.8 Å². The van der Waals surface area contributed by atoms with Crippen LogP contribution < -0.4 is 10.2 Å². The van der Waals surface area contributed by atoms with Gasteiger partial charge in [0.2, 0.25) is 0 Å². The highest BCUT2D eigenvalue weighted by molar-refractivity contribution is 7.13. The van der Waals surface area contributed by atoms with Crippen LogP contribution in [0.3, 0.4) is 0 Å². The van der Waals surface area contributed by atoms with E-state index in [4.69, 9.17) is 0 Å². The third kappa shape index (κ3) is 3.70. The van der Waals surface area contributed by atoms with Crippen LogP contribution in [0.1, 0.15) is 42.5 Å². The van der Waals surface area contributed by atoms with Gasteiger partial charge in [-0.1, -0.05) is 18.2 Å². The molecule has 0 radical (unpaired) electrons. The van der Waals surface area contributed by atoms with Crippen LogP contribution in [0.4, 0.5) is 9.93 Å². The van der Waals surface area contributed by atoms with Crippen molar-refractivity contribution in [1.29, 1.82) is 0 Å². The Balaban J connectivity index is 1.33. The number of carbonyl (C=O) groups excluding carboxylic acids is 1. The minimum absolute atomic E-state index is 0.0340. The highest BCUT2D eigenvalue weighted by Gasteiger charge is 2.23. The molecule has 1 atom stereocenters. The average molecular weight is 371 g/mol. The lowest BCUT2D eigenvalue weighted by atomic mass is 9.89. The zero-order chi connectivity index (χ0) is 17.9. The average Bonchev–Trinajstić information content (AvgIpc) is 3.22. The van der Waals surface area contributed by atoms with Crippen LogP contribution >= 0.6 is 11.3 Å². The molecular weight excluding hydrogens is 344 g/mol. The summed E-state index contributed by atoms with van der Waals surface area (Å²) in [5.74, 6) is 0. The summed E-state index contributed by atoms with van der Waals surface area (Å²) in [4.78, 5) is 21.2. The number of thiazole rings is 1. The molecule has 2 heterocycles. The number of nitrogens with zero attached hydrogens (tertiary/aromatic N) is 3. The minimum Gasteiger partial charge on any atom is -0.345 e. The lowest BCUT2D eigenvalue weighted by molar-refractivity contribution is 0.191. The number of aryl methyl sites for hydroxylation is 2. The van der Waals surface area contributed by atoms with E-state index in [9.17, 15) is 4.79 Å². The van der Waals surface area contributed by atoms with Gasteiger partial charge in [-0.2, -0.15) is 0 Å². The summed E-state index contributed by atoms with van der Waals surface area (Å²) in [5.41, 5.74) is 4.16. The highest BCUT2D eigenvalue weighted by Crippen LogP contribution is 2.25. The molecule has 1 saturated heterocycles. The molecule has 1 aliphatic carbocycles. The van der Waals surface area contributed by atoms with Gasteiger partial charge in [-0.15, -0.1) is 11.3 Å². The van der Waals surface area contributed by atoms with E-state index in [0.29, 0.717) is 0 Å². The van der Waals surface area contributed by atoms with Crippen LogP contribution in [0, 0.1) is 0 Å². The van der Waals surface area contributed by atoms with E-state index in [1.165, 1.54) is 42.4 Å². The van der Waals surface area contributed by atoms with Crippen LogP contribution in [0.5, 0.6) is 0 Å². The molecule has 1 fully saturated rings. The van der Waals surface area contributed by atoms with Crippen LogP contribution in [0.2, 0.25) is 0 Å². The molecule has 2 amide bonds. The third-order valence-electron chi connectivity index (χ3n) is 5.47. The van der Waals surface area contributed by atoms with Crippen molar-refractivity contribution >= 4 is 22.5 Å². The Labute approximate surface area is 159 Å². The molecule has 5 nitrogen and oxygen atoms in total. The van der Waals surface area contributed by atoms with Gasteiger partial charge in [0, 0.05) is 37.8 Å². The van der Waals surface area contributed by atoms with E-state index < -0.39 is 0 Å². The molecule has 2 aromatic rings. The maximum Gasteiger partial charge on any atom is 0.317 e. The second-order valence-corrected chi connectivity index (χ2v) is 8.07. The first-order chi connectivity index (χ1) is 12.7. The predicted octanol–water partition coefficient (Wildman–Crippen LogP) is 3.61. The number of hydrogen-bond acceptors (Lipinski definition) is 4. The lowest BCUT2D eigenvalue weighted by Gasteiger charge is -2.35. The van der Waals surface area contributed by atoms with Crippen molar-refractivity contribution in [3.8, 4) is 0 Å². The van der Waals surface area contributed by atoms with E-state index >= 15 is 0 Å². The van der Waals surface area contributed by atoms with Crippen molar-refractivity contribution in [2.24, 2.45) is 0 Å². The SMILES string of the molecule is CC(NC(=O)N1CCN(c2nccs2)CC1)c1ccc2c(c1)CCCC2. The Kier molecular flexibility index (Phi) is 5.11. The summed E-state index contributed by atoms with van der Waals surface area (Å²) >= 11 is 1.65. The molecule has 138 valence electrons. The highest BCUT2D eigenvalue weighted by atomic mass is 32.1. The van der Waals surface area contributed by atoms with Gasteiger partial charge in [-0.25, -0.2) is 9.78 Å². The maximum atomic E-state index is 12.6. The molecule has 4 rings (SSSR count). The molecule has 1 unspecified atom stereocenters. The minimum atomic E-state index is 0.0340. The number of urea groups is 1. The zero-order valence-corrected chi connectivity index (χ0v) is 16.1. The van der Waals surface area contributed by atoms with Gasteiger partial charge in [0.1, 0.15) is 0 Å². The van der Waals surface area contributed by atoms with Crippen LogP contribution in [-0.2, 0) is 12.8 Å². The second kappa shape index (κ2) is 7.66. The number of carbonyl (C=O) groups is 1. The number of piperazine rings is 1. The number of rotatable bonds is 3. The van der Waals surface area contributed by atoms with Gasteiger partial charge < -0.3 is 15.1 Å². The quantitative estimate of drug-likeness (QED) is 0.898. The number of fused-ring (bicyclic) bond motifs is 1. The van der Waals surface area contributed by atoms with Gasteiger partial charge in [-0.05, 0) is 49.3 Å². The van der Waals surface area contributed by atoms with Crippen molar-refractivity contribution in [2.75, 3.05) is 31.1 Å². The summed E-state index contributed by atoms with van der Waals surface area (Å²) < 4.78 is 0. The number of amides is 2. The Morgan fingerprint density at radius 2 is 1.92 bits per heavy atom. The van der Waals surface area contributed by atoms with Gasteiger partial charge in [-0.3, -0.25) is 0 Å². The first-order valence-corrected chi connectivity index (χ1v) is 10.4. The number of benzene rings is 1. The van der Waals surface area contributed by atoms with Gasteiger partial charge in [0.15, 0.2) is 5.13 Å². The molecule has 1 aliphatic heterocycles. The van der Waals surface area contributed by atoms with Crippen LogP contribution in [0.25, 0.3) is 0 Å². The fourth-order valence-corrected chi connectivity index (χ4v) is 4.55. The summed E-state index contributed by atoms with van der Waals surface area (Å²) in [6.07, 6.45) is 6.77. The molecule has 1 aromatic carbocycles. The zero-order valence-electron chi connectivity index (χ0n) is 15.3. The molecule has 0 saturated carbocycles. The molecular formula is C20H26N4OS. The summed E-state index contributed by atoms with van der Waals surface area (Å²) in [6, 6.07) is 6.79. The summed E-state index contributed by atoms with van der Waals surface area (Å²) in [5, 5.41) is 6.22. The first-order valence-electron chi connectivity index (χ1n) is 9.52. The Morgan fingerprint density at radius 3 is 2.65 bits per heavy atom. The largest absolute Gasteiger partial charge is 0.345 e. The fourth-order valence-electron chi connectivity index (χ4n) is 3.86. The Morgan fingerprint density at radius 1 is 1.15 bits per heavy atom. The second-order valence-electron chi connectivity index (χ2n) is 7.20. The van der Waals surface area contributed by atoms with Gasteiger partial charge >= 0.3 is 6.03 Å². The van der Waals surface area contributed by atoms with Gasteiger partial charge in [0.25, 0.3) is 0 Å². The molecule has 0 bridgehead atoms. The van der Waals surface area contributed by atoms with Crippen molar-refractivity contribution in [3.63, 3.8) is 0 Å². The monoisotopic (exact) mass is 370 g/mol. The summed E-state index contributed by atoms with van der Waals surface area (Å²) in [7, 11) is 0. The lowest BCUT2D eigenvalue weighted by Crippen LogP contribution is -2.52. The van der Waals surface area contributed by atoms with E-state index in [0.717, 1.165) is 31.3 Å². The van der Waals surface area contributed by atoms with Gasteiger partial charge in [0.05, 0.1) is 6.04 Å². The molecule has 1 aromatic heterocycles. The number of anilines is 1. The molecule has 26 heavy (non-hydrogen) atoms. The third-order valence-corrected chi connectivity index (χ3v) is 6.30. The topological polar surface area (TPSA) is 48.5 Å². The van der Waals surface area contributed by atoms with Crippen molar-refractivity contribution in [1.82, 2.24) is 15.2 Å². The Hall–Kier alpha value is -2.08. The molecule has 2 aliphatic rings. The molecule has 6 heteroatoms. The van der Waals surface area contributed by atoms with Crippen molar-refractivity contribution in [2.45, 2.75) is 38.6 Å². The standard InChI is InChI=1S/C20H26N4OS/c1-15(17-7-6-16-4-2-3-5-18(16)14-17)22-19(25)23-9-11-24(12-10-23)20-21-8-13-26-20/h6-8,13-15H,2-5,9-12H2,1H3,(H,22,25). The smallest absolute Gasteiger partial charge is 0.317 e. The molecule has 1 N–H and O–H groups in total. The van der Waals surface area contributed by atoms with E-state index in [1.54, 1.807) is 11.3 Å².